The summed E-state index contributed by atoms with van der Waals surface area (Å²) >= 11 is 2.26. The number of hydrogen-bond donors (Lipinski definition) is 3. The third-order valence-electron chi connectivity index (χ3n) is 3.03. The van der Waals surface area contributed by atoms with Crippen LogP contribution < -0.4 is 10.6 Å². The largest absolute Gasteiger partial charge is 0.360 e. The van der Waals surface area contributed by atoms with Crippen LogP contribution in [0, 0.1) is 3.57 Å². The van der Waals surface area contributed by atoms with Gasteiger partial charge in [0.05, 0.1) is 5.52 Å². The van der Waals surface area contributed by atoms with Gasteiger partial charge in [-0.1, -0.05) is 19.6 Å². The van der Waals surface area contributed by atoms with Gasteiger partial charge >= 0.3 is 6.03 Å². The number of nitrogens with one attached hydrogen (secondary N) is 3. The first-order chi connectivity index (χ1) is 8.65. The van der Waals surface area contributed by atoms with Gasteiger partial charge in [0.1, 0.15) is 6.04 Å². The summed E-state index contributed by atoms with van der Waals surface area (Å²) in [6.45, 7) is 0. The molecule has 0 aliphatic carbocycles. The van der Waals surface area contributed by atoms with E-state index in [1.54, 1.807) is 0 Å². The van der Waals surface area contributed by atoms with Crippen molar-refractivity contribution >= 4 is 45.4 Å². The van der Waals surface area contributed by atoms with E-state index in [0.717, 1.165) is 20.0 Å². The van der Waals surface area contributed by atoms with Gasteiger partial charge < -0.3 is 10.3 Å². The third-order valence-corrected chi connectivity index (χ3v) is 3.93. The zero-order chi connectivity index (χ0) is 12.7. The Kier molecular flexibility index (Phi) is 3.79. The van der Waals surface area contributed by atoms with Gasteiger partial charge in [0.2, 0.25) is 0 Å². The number of amides is 3. The lowest BCUT2D eigenvalue weighted by Crippen LogP contribution is -2.30. The predicted octanol–water partition coefficient (Wildman–Crippen LogP) is 2.16. The lowest BCUT2D eigenvalue weighted by atomic mass is 10.1. The maximum atomic E-state index is 11.5. The van der Waals surface area contributed by atoms with Crippen LogP contribution in [0.15, 0.2) is 24.4 Å². The van der Waals surface area contributed by atoms with E-state index in [-0.39, 0.29) is 13.3 Å². The lowest BCUT2D eigenvalue weighted by molar-refractivity contribution is -0.120. The Bertz CT molecular complexity index is 650. The number of aromatic nitrogens is 1. The molecule has 0 bridgehead atoms. The minimum absolute atomic E-state index is 0. The SMILES string of the molecule is C.O=C1NC(=O)[C@@H](Cc2c[nH]c3c(I)cccc23)N1. The molecule has 2 heterocycles. The zero-order valence-corrected chi connectivity index (χ0v) is 11.4. The fourth-order valence-electron chi connectivity index (χ4n) is 2.17. The summed E-state index contributed by atoms with van der Waals surface area (Å²) in [7, 11) is 0. The van der Waals surface area contributed by atoms with Crippen LogP contribution >= 0.6 is 22.6 Å². The maximum absolute atomic E-state index is 11.5. The number of urea groups is 1. The van der Waals surface area contributed by atoms with Gasteiger partial charge in [-0.2, -0.15) is 0 Å². The van der Waals surface area contributed by atoms with Crippen LogP contribution in [-0.4, -0.2) is 23.0 Å². The van der Waals surface area contributed by atoms with Crippen molar-refractivity contribution in [2.75, 3.05) is 0 Å². The molecule has 0 spiro atoms. The third kappa shape index (κ3) is 2.44. The van der Waals surface area contributed by atoms with Crippen LogP contribution in [0.5, 0.6) is 0 Å². The quantitative estimate of drug-likeness (QED) is 0.559. The second kappa shape index (κ2) is 5.20. The van der Waals surface area contributed by atoms with E-state index in [4.69, 9.17) is 0 Å². The normalized spacial score (nSPS) is 18.1. The molecule has 100 valence electrons. The molecule has 2 aromatic rings. The summed E-state index contributed by atoms with van der Waals surface area (Å²) < 4.78 is 1.14. The molecule has 3 amide bonds. The van der Waals surface area contributed by atoms with Crippen molar-refractivity contribution in [3.8, 4) is 0 Å². The van der Waals surface area contributed by atoms with Crippen LogP contribution in [0.2, 0.25) is 0 Å². The van der Waals surface area contributed by atoms with Crippen LogP contribution in [0.1, 0.15) is 13.0 Å². The van der Waals surface area contributed by atoms with E-state index in [9.17, 15) is 9.59 Å². The molecule has 3 N–H and O–H groups in total. The van der Waals surface area contributed by atoms with Crippen LogP contribution in [0.4, 0.5) is 4.79 Å². The van der Waals surface area contributed by atoms with Gasteiger partial charge in [-0.25, -0.2) is 4.79 Å². The van der Waals surface area contributed by atoms with Crippen molar-refractivity contribution in [3.05, 3.63) is 33.5 Å². The number of H-pyrrole nitrogens is 1. The first-order valence-corrected chi connectivity index (χ1v) is 6.59. The number of fused-ring (bicyclic) bond motifs is 1. The van der Waals surface area contributed by atoms with Crippen LogP contribution in [0.3, 0.4) is 0 Å². The standard InChI is InChI=1S/C12H10IN3O2.CH4/c13-8-3-1-2-7-6(5-14-10(7)8)4-9-11(17)16-12(18)15-9;/h1-3,5,9,14H,4H2,(H2,15,16,17,18);1H4/t9-;/m1./s1. The Hall–Kier alpha value is -1.57. The van der Waals surface area contributed by atoms with Crippen LogP contribution in [-0.2, 0) is 11.2 Å². The molecule has 1 aromatic heterocycles. The number of rotatable bonds is 2. The fourth-order valence-corrected chi connectivity index (χ4v) is 2.82. The molecule has 1 fully saturated rings. The second-order valence-corrected chi connectivity index (χ2v) is 5.36. The minimum atomic E-state index is -0.477. The highest BCUT2D eigenvalue weighted by molar-refractivity contribution is 14.1. The second-order valence-electron chi connectivity index (χ2n) is 4.20. The highest BCUT2D eigenvalue weighted by atomic mass is 127. The topological polar surface area (TPSA) is 74.0 Å². The highest BCUT2D eigenvalue weighted by Crippen LogP contribution is 2.24. The first-order valence-electron chi connectivity index (χ1n) is 5.51. The highest BCUT2D eigenvalue weighted by Gasteiger charge is 2.30. The number of carbonyl (C=O) groups is 2. The number of benzene rings is 1. The zero-order valence-electron chi connectivity index (χ0n) is 9.29. The van der Waals surface area contributed by atoms with Gasteiger partial charge in [-0.05, 0) is 34.2 Å². The van der Waals surface area contributed by atoms with E-state index in [2.05, 4.69) is 38.2 Å². The Morgan fingerprint density at radius 3 is 2.74 bits per heavy atom. The van der Waals surface area contributed by atoms with E-state index >= 15 is 0 Å². The summed E-state index contributed by atoms with van der Waals surface area (Å²) in [5, 5.41) is 5.94. The number of para-hydroxylation sites is 1. The molecule has 1 saturated heterocycles. The lowest BCUT2D eigenvalue weighted by Gasteiger charge is -2.05. The molecule has 1 aliphatic heterocycles. The summed E-state index contributed by atoms with van der Waals surface area (Å²) in [4.78, 5) is 25.8. The number of hydrogen-bond acceptors (Lipinski definition) is 2. The number of imide groups is 1. The molecular formula is C13H14IN3O2. The van der Waals surface area contributed by atoms with E-state index < -0.39 is 12.1 Å². The molecule has 0 saturated carbocycles. The Morgan fingerprint density at radius 2 is 2.05 bits per heavy atom. The van der Waals surface area contributed by atoms with Gasteiger partial charge in [0.25, 0.3) is 5.91 Å². The van der Waals surface area contributed by atoms with Crippen molar-refractivity contribution in [2.45, 2.75) is 19.9 Å². The maximum Gasteiger partial charge on any atom is 0.322 e. The molecule has 0 radical (unpaired) electrons. The van der Waals surface area contributed by atoms with Crippen molar-refractivity contribution in [3.63, 3.8) is 0 Å². The summed E-state index contributed by atoms with van der Waals surface area (Å²) in [5.41, 5.74) is 2.10. The van der Waals surface area contributed by atoms with Crippen molar-refractivity contribution in [1.29, 1.82) is 0 Å². The fraction of sp³-hybridized carbons (Fsp3) is 0.231. The van der Waals surface area contributed by atoms with Gasteiger partial charge in [0, 0.05) is 21.6 Å². The molecule has 0 unspecified atom stereocenters. The van der Waals surface area contributed by atoms with E-state index in [1.807, 2.05) is 24.4 Å². The number of aromatic amines is 1. The van der Waals surface area contributed by atoms with Crippen molar-refractivity contribution in [1.82, 2.24) is 15.6 Å². The van der Waals surface area contributed by atoms with Crippen molar-refractivity contribution in [2.24, 2.45) is 0 Å². The minimum Gasteiger partial charge on any atom is -0.360 e. The van der Waals surface area contributed by atoms with Gasteiger partial charge in [-0.3, -0.25) is 10.1 Å². The molecule has 1 aliphatic rings. The van der Waals surface area contributed by atoms with Crippen LogP contribution in [0.25, 0.3) is 10.9 Å². The summed E-state index contributed by atoms with van der Waals surface area (Å²) in [5.74, 6) is -0.264. The van der Waals surface area contributed by atoms with Gasteiger partial charge in [-0.15, -0.1) is 0 Å². The smallest absolute Gasteiger partial charge is 0.322 e. The average molecular weight is 371 g/mol. The Labute approximate surface area is 124 Å². The van der Waals surface area contributed by atoms with E-state index in [0.29, 0.717) is 6.42 Å². The molecule has 6 heteroatoms. The summed E-state index contributed by atoms with van der Waals surface area (Å²) in [6.07, 6.45) is 2.39. The predicted molar refractivity (Wildman–Crippen MR) is 81.9 cm³/mol. The van der Waals surface area contributed by atoms with Crippen molar-refractivity contribution < 1.29 is 9.59 Å². The molecule has 1 atom stereocenters. The summed E-state index contributed by atoms with van der Waals surface area (Å²) in [6, 6.07) is 5.12. The number of carbonyl (C=O) groups excluding carboxylic acids is 2. The Morgan fingerprint density at radius 1 is 1.26 bits per heavy atom. The van der Waals surface area contributed by atoms with E-state index in [1.165, 1.54) is 0 Å². The Balaban J connectivity index is 0.00000133. The first kappa shape index (κ1) is 13.9. The molecule has 3 rings (SSSR count). The monoisotopic (exact) mass is 371 g/mol. The molecular weight excluding hydrogens is 357 g/mol. The molecule has 19 heavy (non-hydrogen) atoms. The average Bonchev–Trinajstić information content (AvgIpc) is 2.86. The molecule has 5 nitrogen and oxygen atoms in total. The number of halogens is 1. The molecule has 1 aromatic carbocycles. The van der Waals surface area contributed by atoms with Gasteiger partial charge in [0.15, 0.2) is 0 Å².